The zero-order valence-electron chi connectivity index (χ0n) is 6.50. The van der Waals surface area contributed by atoms with Crippen molar-refractivity contribution < 1.29 is 9.90 Å². The molecule has 0 heterocycles. The minimum Gasteiger partial charge on any atom is -0.481 e. The maximum atomic E-state index is 10.0. The first-order chi connectivity index (χ1) is 4.63. The zero-order chi connectivity index (χ0) is 7.98. The lowest BCUT2D eigenvalue weighted by atomic mass is 10.2. The SMILES string of the molecule is CC(C)/C=C/CCC(=O)O. The van der Waals surface area contributed by atoms with Gasteiger partial charge in [-0.1, -0.05) is 26.0 Å². The summed E-state index contributed by atoms with van der Waals surface area (Å²) >= 11 is 0. The third-order valence-corrected chi connectivity index (χ3v) is 1.05. The Labute approximate surface area is 61.6 Å². The number of aliphatic carboxylic acids is 1. The molecule has 0 radical (unpaired) electrons. The Balaban J connectivity index is 3.27. The highest BCUT2D eigenvalue weighted by Gasteiger charge is 1.91. The molecular weight excluding hydrogens is 128 g/mol. The second-order valence-electron chi connectivity index (χ2n) is 2.60. The molecule has 0 aromatic rings. The predicted molar refractivity (Wildman–Crippen MR) is 40.8 cm³/mol. The number of carbonyl (C=O) groups is 1. The van der Waals surface area contributed by atoms with E-state index >= 15 is 0 Å². The largest absolute Gasteiger partial charge is 0.481 e. The summed E-state index contributed by atoms with van der Waals surface area (Å²) in [7, 11) is 0. The van der Waals surface area contributed by atoms with Crippen LogP contribution >= 0.6 is 0 Å². The average molecular weight is 142 g/mol. The first kappa shape index (κ1) is 9.21. The number of carboxylic acid groups (broad SMARTS) is 1. The summed E-state index contributed by atoms with van der Waals surface area (Å²) in [5.74, 6) is -0.206. The molecule has 2 nitrogen and oxygen atoms in total. The lowest BCUT2D eigenvalue weighted by Gasteiger charge is -1.91. The van der Waals surface area contributed by atoms with Gasteiger partial charge in [0.15, 0.2) is 0 Å². The van der Waals surface area contributed by atoms with E-state index in [9.17, 15) is 4.79 Å². The maximum Gasteiger partial charge on any atom is 0.303 e. The van der Waals surface area contributed by atoms with Crippen molar-refractivity contribution in [1.29, 1.82) is 0 Å². The second kappa shape index (κ2) is 5.03. The van der Waals surface area contributed by atoms with Gasteiger partial charge >= 0.3 is 5.97 Å². The summed E-state index contributed by atoms with van der Waals surface area (Å²) < 4.78 is 0. The van der Waals surface area contributed by atoms with Crippen LogP contribution in [0.1, 0.15) is 26.7 Å². The molecule has 0 fully saturated rings. The molecule has 0 aliphatic heterocycles. The Morgan fingerprint density at radius 3 is 2.60 bits per heavy atom. The summed E-state index contributed by atoms with van der Waals surface area (Å²) in [5.41, 5.74) is 0. The van der Waals surface area contributed by atoms with Crippen molar-refractivity contribution in [3.8, 4) is 0 Å². The molecule has 10 heavy (non-hydrogen) atoms. The highest BCUT2D eigenvalue weighted by Crippen LogP contribution is 1.97. The Kier molecular flexibility index (Phi) is 4.63. The van der Waals surface area contributed by atoms with E-state index in [2.05, 4.69) is 13.8 Å². The molecule has 0 atom stereocenters. The van der Waals surface area contributed by atoms with Crippen molar-refractivity contribution in [2.45, 2.75) is 26.7 Å². The van der Waals surface area contributed by atoms with Crippen molar-refractivity contribution in [3.05, 3.63) is 12.2 Å². The molecule has 1 N–H and O–H groups in total. The van der Waals surface area contributed by atoms with Crippen LogP contribution in [0, 0.1) is 5.92 Å². The Morgan fingerprint density at radius 2 is 2.20 bits per heavy atom. The second-order valence-corrected chi connectivity index (χ2v) is 2.60. The molecular formula is C8H14O2. The van der Waals surface area contributed by atoms with Crippen molar-refractivity contribution in [2.24, 2.45) is 5.92 Å². The maximum absolute atomic E-state index is 10.0. The third kappa shape index (κ3) is 7.21. The van der Waals surface area contributed by atoms with E-state index in [0.29, 0.717) is 12.3 Å². The van der Waals surface area contributed by atoms with Gasteiger partial charge in [0.05, 0.1) is 0 Å². The van der Waals surface area contributed by atoms with Gasteiger partial charge < -0.3 is 5.11 Å². The predicted octanol–water partition coefficient (Wildman–Crippen LogP) is 2.06. The van der Waals surface area contributed by atoms with Crippen LogP contribution < -0.4 is 0 Å². The van der Waals surface area contributed by atoms with Gasteiger partial charge in [0, 0.05) is 6.42 Å². The van der Waals surface area contributed by atoms with Crippen LogP contribution in [0.25, 0.3) is 0 Å². The average Bonchev–Trinajstić information content (AvgIpc) is 1.79. The van der Waals surface area contributed by atoms with Gasteiger partial charge in [-0.25, -0.2) is 0 Å². The molecule has 58 valence electrons. The molecule has 0 aliphatic carbocycles. The monoisotopic (exact) mass is 142 g/mol. The molecule has 0 unspecified atom stereocenters. The van der Waals surface area contributed by atoms with Gasteiger partial charge in [-0.2, -0.15) is 0 Å². The van der Waals surface area contributed by atoms with Crippen molar-refractivity contribution in [3.63, 3.8) is 0 Å². The van der Waals surface area contributed by atoms with Crippen LogP contribution in [-0.4, -0.2) is 11.1 Å². The quantitative estimate of drug-likeness (QED) is 0.610. The number of allylic oxidation sites excluding steroid dienone is 2. The van der Waals surface area contributed by atoms with Gasteiger partial charge in [-0.05, 0) is 12.3 Å². The van der Waals surface area contributed by atoms with Crippen molar-refractivity contribution in [2.75, 3.05) is 0 Å². The van der Waals surface area contributed by atoms with Crippen LogP contribution in [0.5, 0.6) is 0 Å². The van der Waals surface area contributed by atoms with Gasteiger partial charge in [0.25, 0.3) is 0 Å². The Morgan fingerprint density at radius 1 is 1.60 bits per heavy atom. The van der Waals surface area contributed by atoms with E-state index in [4.69, 9.17) is 5.11 Å². The van der Waals surface area contributed by atoms with E-state index in [1.54, 1.807) is 0 Å². The van der Waals surface area contributed by atoms with Gasteiger partial charge in [-0.15, -0.1) is 0 Å². The fourth-order valence-electron chi connectivity index (χ4n) is 0.575. The molecule has 0 bridgehead atoms. The van der Waals surface area contributed by atoms with E-state index in [-0.39, 0.29) is 6.42 Å². The number of hydrogen-bond donors (Lipinski definition) is 1. The standard InChI is InChI=1S/C8H14O2/c1-7(2)5-3-4-6-8(9)10/h3,5,7H,4,6H2,1-2H3,(H,9,10)/b5-3+. The molecule has 0 aromatic heterocycles. The molecule has 0 rings (SSSR count). The van der Waals surface area contributed by atoms with Crippen molar-refractivity contribution >= 4 is 5.97 Å². The minimum atomic E-state index is -0.728. The number of carboxylic acids is 1. The highest BCUT2D eigenvalue weighted by atomic mass is 16.4. The fraction of sp³-hybridized carbons (Fsp3) is 0.625. The summed E-state index contributed by atoms with van der Waals surface area (Å²) in [5, 5.41) is 8.24. The molecule has 0 spiro atoms. The fourth-order valence-corrected chi connectivity index (χ4v) is 0.575. The van der Waals surface area contributed by atoms with Crippen LogP contribution in [0.3, 0.4) is 0 Å². The summed E-state index contributed by atoms with van der Waals surface area (Å²) in [6.45, 7) is 4.13. The topological polar surface area (TPSA) is 37.3 Å². The van der Waals surface area contributed by atoms with E-state index in [0.717, 1.165) is 0 Å². The van der Waals surface area contributed by atoms with E-state index < -0.39 is 5.97 Å². The minimum absolute atomic E-state index is 0.239. The molecule has 0 aromatic carbocycles. The highest BCUT2D eigenvalue weighted by molar-refractivity contribution is 5.66. The smallest absolute Gasteiger partial charge is 0.303 e. The Hall–Kier alpha value is -0.790. The summed E-state index contributed by atoms with van der Waals surface area (Å²) in [6.07, 6.45) is 4.82. The van der Waals surface area contributed by atoms with Gasteiger partial charge in [0.1, 0.15) is 0 Å². The molecule has 2 heteroatoms. The van der Waals surface area contributed by atoms with Crippen LogP contribution in [0.4, 0.5) is 0 Å². The lowest BCUT2D eigenvalue weighted by molar-refractivity contribution is -0.136. The normalized spacial score (nSPS) is 11.1. The Bertz CT molecular complexity index is 125. The molecule has 0 saturated heterocycles. The summed E-state index contributed by atoms with van der Waals surface area (Å²) in [6, 6.07) is 0. The zero-order valence-corrected chi connectivity index (χ0v) is 6.50. The first-order valence-electron chi connectivity index (χ1n) is 3.51. The third-order valence-electron chi connectivity index (χ3n) is 1.05. The summed E-state index contributed by atoms with van der Waals surface area (Å²) in [4.78, 5) is 10.0. The van der Waals surface area contributed by atoms with Gasteiger partial charge in [0.2, 0.25) is 0 Å². The first-order valence-corrected chi connectivity index (χ1v) is 3.51. The van der Waals surface area contributed by atoms with Crippen LogP contribution in [-0.2, 0) is 4.79 Å². The number of rotatable bonds is 4. The van der Waals surface area contributed by atoms with Gasteiger partial charge in [-0.3, -0.25) is 4.79 Å². The van der Waals surface area contributed by atoms with Crippen LogP contribution in [0.2, 0.25) is 0 Å². The molecule has 0 aliphatic rings. The van der Waals surface area contributed by atoms with E-state index in [1.165, 1.54) is 0 Å². The number of hydrogen-bond acceptors (Lipinski definition) is 1. The lowest BCUT2D eigenvalue weighted by Crippen LogP contribution is -1.91. The molecule has 0 amide bonds. The molecule has 0 saturated carbocycles. The van der Waals surface area contributed by atoms with Crippen molar-refractivity contribution in [1.82, 2.24) is 0 Å². The van der Waals surface area contributed by atoms with E-state index in [1.807, 2.05) is 12.2 Å². The van der Waals surface area contributed by atoms with Crippen LogP contribution in [0.15, 0.2) is 12.2 Å².